The van der Waals surface area contributed by atoms with Crippen molar-refractivity contribution >= 4 is 17.6 Å². The average Bonchev–Trinajstić information content (AvgIpc) is 2.82. The molecule has 2 N–H and O–H groups in total. The van der Waals surface area contributed by atoms with Gasteiger partial charge in [-0.2, -0.15) is 0 Å². The van der Waals surface area contributed by atoms with Gasteiger partial charge in [0, 0.05) is 5.69 Å². The summed E-state index contributed by atoms with van der Waals surface area (Å²) in [6.45, 7) is 3.93. The molecule has 1 aliphatic rings. The molecule has 102 valence electrons. The van der Waals surface area contributed by atoms with E-state index in [1.54, 1.807) is 0 Å². The average molecular weight is 261 g/mol. The first kappa shape index (κ1) is 13.6. The van der Waals surface area contributed by atoms with Crippen molar-refractivity contribution in [1.82, 2.24) is 0 Å². The molecule has 0 heterocycles. The second-order valence-corrected chi connectivity index (χ2v) is 5.29. The van der Waals surface area contributed by atoms with Gasteiger partial charge in [0.2, 0.25) is 5.91 Å². The van der Waals surface area contributed by atoms with Crippen molar-refractivity contribution < 1.29 is 14.7 Å². The molecule has 0 spiro atoms. The van der Waals surface area contributed by atoms with Crippen LogP contribution in [0.5, 0.6) is 0 Å². The molecule has 0 bridgehead atoms. The van der Waals surface area contributed by atoms with Crippen LogP contribution in [-0.4, -0.2) is 17.0 Å². The minimum atomic E-state index is -0.863. The van der Waals surface area contributed by atoms with E-state index in [0.29, 0.717) is 12.8 Å². The van der Waals surface area contributed by atoms with Crippen molar-refractivity contribution in [2.24, 2.45) is 11.8 Å². The highest BCUT2D eigenvalue weighted by atomic mass is 16.4. The van der Waals surface area contributed by atoms with E-state index in [-0.39, 0.29) is 5.91 Å². The normalized spacial score (nSPS) is 22.2. The molecule has 1 aliphatic carbocycles. The molecule has 0 radical (unpaired) electrons. The second-order valence-electron chi connectivity index (χ2n) is 5.29. The van der Waals surface area contributed by atoms with Crippen LogP contribution in [0.2, 0.25) is 0 Å². The van der Waals surface area contributed by atoms with Gasteiger partial charge in [0.1, 0.15) is 0 Å². The summed E-state index contributed by atoms with van der Waals surface area (Å²) in [5.41, 5.74) is 2.91. The van der Waals surface area contributed by atoms with Gasteiger partial charge in [-0.05, 0) is 38.3 Å². The van der Waals surface area contributed by atoms with Gasteiger partial charge < -0.3 is 10.4 Å². The highest BCUT2D eigenvalue weighted by Gasteiger charge is 2.37. The van der Waals surface area contributed by atoms with Gasteiger partial charge in [-0.15, -0.1) is 0 Å². The fourth-order valence-corrected chi connectivity index (χ4v) is 2.75. The quantitative estimate of drug-likeness (QED) is 0.879. The molecule has 19 heavy (non-hydrogen) atoms. The maximum atomic E-state index is 12.2. The maximum Gasteiger partial charge on any atom is 0.307 e. The number of benzene rings is 1. The van der Waals surface area contributed by atoms with Crippen molar-refractivity contribution in [3.05, 3.63) is 29.3 Å². The Morgan fingerprint density at radius 2 is 1.89 bits per heavy atom. The summed E-state index contributed by atoms with van der Waals surface area (Å²) in [4.78, 5) is 23.3. The Kier molecular flexibility index (Phi) is 3.88. The number of anilines is 1. The van der Waals surface area contributed by atoms with E-state index >= 15 is 0 Å². The van der Waals surface area contributed by atoms with Crippen LogP contribution in [0.15, 0.2) is 18.2 Å². The number of aliphatic carboxylic acids is 1. The van der Waals surface area contributed by atoms with Gasteiger partial charge in [-0.1, -0.05) is 24.1 Å². The fraction of sp³-hybridized carbons (Fsp3) is 0.467. The molecule has 2 unspecified atom stereocenters. The number of amides is 1. The summed E-state index contributed by atoms with van der Waals surface area (Å²) >= 11 is 0. The third-order valence-electron chi connectivity index (χ3n) is 3.81. The monoisotopic (exact) mass is 261 g/mol. The predicted octanol–water partition coefficient (Wildman–Crippen LogP) is 2.74. The zero-order valence-corrected chi connectivity index (χ0v) is 11.3. The Bertz CT molecular complexity index is 510. The van der Waals surface area contributed by atoms with Crippen molar-refractivity contribution in [2.45, 2.75) is 33.1 Å². The van der Waals surface area contributed by atoms with Crippen LogP contribution < -0.4 is 5.32 Å². The number of carbonyl (C=O) groups is 2. The van der Waals surface area contributed by atoms with Crippen LogP contribution in [-0.2, 0) is 9.59 Å². The molecule has 1 saturated carbocycles. The molecular formula is C15H19NO3. The minimum absolute atomic E-state index is 0.170. The van der Waals surface area contributed by atoms with Crippen LogP contribution >= 0.6 is 0 Å². The fourth-order valence-electron chi connectivity index (χ4n) is 2.75. The van der Waals surface area contributed by atoms with E-state index in [1.807, 2.05) is 32.0 Å². The van der Waals surface area contributed by atoms with E-state index in [9.17, 15) is 9.59 Å². The van der Waals surface area contributed by atoms with E-state index in [2.05, 4.69) is 5.32 Å². The molecule has 0 saturated heterocycles. The molecule has 0 aliphatic heterocycles. The third kappa shape index (κ3) is 2.95. The first-order valence-corrected chi connectivity index (χ1v) is 6.60. The molecule has 0 aromatic heterocycles. The number of aryl methyl sites for hydroxylation is 2. The first-order valence-electron chi connectivity index (χ1n) is 6.60. The standard InChI is InChI=1S/C15H19NO3/c1-9-6-7-13(10(2)8-9)16-14(17)11-4-3-5-12(11)15(18)19/h6-8,11-12H,3-5H2,1-2H3,(H,16,17)(H,18,19). The number of rotatable bonds is 3. The Morgan fingerprint density at radius 3 is 2.53 bits per heavy atom. The van der Waals surface area contributed by atoms with Gasteiger partial charge in [-0.3, -0.25) is 9.59 Å². The van der Waals surface area contributed by atoms with Crippen LogP contribution in [0.1, 0.15) is 30.4 Å². The summed E-state index contributed by atoms with van der Waals surface area (Å²) in [6.07, 6.45) is 2.07. The highest BCUT2D eigenvalue weighted by molar-refractivity contribution is 5.96. The van der Waals surface area contributed by atoms with Crippen molar-refractivity contribution in [3.8, 4) is 0 Å². The Labute approximate surface area is 112 Å². The number of carboxylic acids is 1. The molecule has 1 aromatic carbocycles. The van der Waals surface area contributed by atoms with Gasteiger partial charge in [0.05, 0.1) is 11.8 Å². The lowest BCUT2D eigenvalue weighted by atomic mass is 9.95. The third-order valence-corrected chi connectivity index (χ3v) is 3.81. The first-order chi connectivity index (χ1) is 8.99. The molecule has 1 fully saturated rings. The molecular weight excluding hydrogens is 242 g/mol. The summed E-state index contributed by atoms with van der Waals surface area (Å²) in [5, 5.41) is 12.0. The van der Waals surface area contributed by atoms with Gasteiger partial charge in [-0.25, -0.2) is 0 Å². The highest BCUT2D eigenvalue weighted by Crippen LogP contribution is 2.33. The lowest BCUT2D eigenvalue weighted by Gasteiger charge is -2.16. The van der Waals surface area contributed by atoms with Crippen molar-refractivity contribution in [1.29, 1.82) is 0 Å². The Hall–Kier alpha value is -1.84. The van der Waals surface area contributed by atoms with Crippen molar-refractivity contribution in [3.63, 3.8) is 0 Å². The van der Waals surface area contributed by atoms with Crippen LogP contribution in [0.4, 0.5) is 5.69 Å². The van der Waals surface area contributed by atoms with Crippen LogP contribution in [0, 0.1) is 25.7 Å². The van der Waals surface area contributed by atoms with E-state index < -0.39 is 17.8 Å². The van der Waals surface area contributed by atoms with Crippen LogP contribution in [0.3, 0.4) is 0 Å². The zero-order valence-electron chi connectivity index (χ0n) is 11.3. The number of nitrogens with one attached hydrogen (secondary N) is 1. The molecule has 2 rings (SSSR count). The van der Waals surface area contributed by atoms with E-state index in [0.717, 1.165) is 23.2 Å². The summed E-state index contributed by atoms with van der Waals surface area (Å²) in [6, 6.07) is 5.80. The van der Waals surface area contributed by atoms with Crippen LogP contribution in [0.25, 0.3) is 0 Å². The number of hydrogen-bond acceptors (Lipinski definition) is 2. The molecule has 1 amide bonds. The molecule has 2 atom stereocenters. The molecule has 4 nitrogen and oxygen atoms in total. The van der Waals surface area contributed by atoms with E-state index in [4.69, 9.17) is 5.11 Å². The maximum absolute atomic E-state index is 12.2. The van der Waals surface area contributed by atoms with Gasteiger partial charge in [0.15, 0.2) is 0 Å². The number of hydrogen-bond donors (Lipinski definition) is 2. The smallest absolute Gasteiger partial charge is 0.307 e. The van der Waals surface area contributed by atoms with E-state index in [1.165, 1.54) is 0 Å². The van der Waals surface area contributed by atoms with Crippen molar-refractivity contribution in [2.75, 3.05) is 5.32 Å². The Balaban J connectivity index is 2.10. The lowest BCUT2D eigenvalue weighted by Crippen LogP contribution is -2.30. The minimum Gasteiger partial charge on any atom is -0.481 e. The van der Waals surface area contributed by atoms with Gasteiger partial charge >= 0.3 is 5.97 Å². The number of carbonyl (C=O) groups excluding carboxylic acids is 1. The number of carboxylic acid groups (broad SMARTS) is 1. The summed E-state index contributed by atoms with van der Waals surface area (Å²) < 4.78 is 0. The predicted molar refractivity (Wildman–Crippen MR) is 73.0 cm³/mol. The summed E-state index contributed by atoms with van der Waals surface area (Å²) in [5.74, 6) is -1.97. The second kappa shape index (κ2) is 5.43. The lowest BCUT2D eigenvalue weighted by molar-refractivity contribution is -0.145. The SMILES string of the molecule is Cc1ccc(NC(=O)C2CCCC2C(=O)O)c(C)c1. The van der Waals surface area contributed by atoms with Gasteiger partial charge in [0.25, 0.3) is 0 Å². The largest absolute Gasteiger partial charge is 0.481 e. The molecule has 4 heteroatoms. The summed E-state index contributed by atoms with van der Waals surface area (Å²) in [7, 11) is 0. The zero-order chi connectivity index (χ0) is 14.0. The molecule has 1 aromatic rings. The topological polar surface area (TPSA) is 66.4 Å². The Morgan fingerprint density at radius 1 is 1.21 bits per heavy atom.